The monoisotopic (exact) mass is 444 g/mol. The second-order valence-corrected chi connectivity index (χ2v) is 9.09. The summed E-state index contributed by atoms with van der Waals surface area (Å²) in [6.45, 7) is 2.30. The van der Waals surface area contributed by atoms with E-state index in [9.17, 15) is 4.79 Å². The quantitative estimate of drug-likeness (QED) is 0.448. The van der Waals surface area contributed by atoms with E-state index in [-0.39, 0.29) is 5.56 Å². The van der Waals surface area contributed by atoms with Crippen LogP contribution in [0.3, 0.4) is 0 Å². The summed E-state index contributed by atoms with van der Waals surface area (Å²) < 4.78 is 5.24. The van der Waals surface area contributed by atoms with Crippen LogP contribution in [0.5, 0.6) is 5.75 Å². The van der Waals surface area contributed by atoms with Gasteiger partial charge in [-0.05, 0) is 66.2 Å². The number of anilines is 1. The van der Waals surface area contributed by atoms with Crippen molar-refractivity contribution in [1.82, 2.24) is 14.9 Å². The van der Waals surface area contributed by atoms with Gasteiger partial charge in [0, 0.05) is 47.1 Å². The lowest BCUT2D eigenvalue weighted by molar-refractivity contribution is 0.244. The predicted molar refractivity (Wildman–Crippen MR) is 129 cm³/mol. The van der Waals surface area contributed by atoms with Crippen molar-refractivity contribution < 1.29 is 4.74 Å². The first-order valence-corrected chi connectivity index (χ1v) is 11.3. The highest BCUT2D eigenvalue weighted by molar-refractivity contribution is 7.15. The summed E-state index contributed by atoms with van der Waals surface area (Å²) in [5.41, 5.74) is 10.1. The summed E-state index contributed by atoms with van der Waals surface area (Å²) in [6.07, 6.45) is 0.762. The molecule has 0 saturated heterocycles. The Morgan fingerprint density at radius 3 is 2.56 bits per heavy atom. The number of nitrogens with two attached hydrogens (primary N) is 1. The van der Waals surface area contributed by atoms with Gasteiger partial charge in [-0.15, -0.1) is 11.3 Å². The molecule has 32 heavy (non-hydrogen) atoms. The Morgan fingerprint density at radius 1 is 1.06 bits per heavy atom. The third-order valence-corrected chi connectivity index (χ3v) is 6.87. The Kier molecular flexibility index (Phi) is 5.51. The molecule has 0 saturated carbocycles. The van der Waals surface area contributed by atoms with Crippen molar-refractivity contribution in [2.24, 2.45) is 0 Å². The Bertz CT molecular complexity index is 1290. The molecule has 3 N–H and O–H groups in total. The van der Waals surface area contributed by atoms with E-state index in [4.69, 9.17) is 15.5 Å². The molecule has 162 valence electrons. The van der Waals surface area contributed by atoms with Crippen LogP contribution in [0.15, 0.2) is 65.5 Å². The Balaban J connectivity index is 1.31. The molecule has 3 heterocycles. The van der Waals surface area contributed by atoms with Crippen LogP contribution < -0.4 is 16.0 Å². The number of ether oxygens (including phenoxy) is 1. The van der Waals surface area contributed by atoms with Gasteiger partial charge in [0.05, 0.1) is 18.4 Å². The summed E-state index contributed by atoms with van der Waals surface area (Å²) in [5, 5.41) is 0. The van der Waals surface area contributed by atoms with E-state index in [1.165, 1.54) is 15.3 Å². The summed E-state index contributed by atoms with van der Waals surface area (Å²) in [6, 6.07) is 19.8. The van der Waals surface area contributed by atoms with Crippen LogP contribution in [0.25, 0.3) is 21.8 Å². The summed E-state index contributed by atoms with van der Waals surface area (Å²) in [7, 11) is 1.67. The van der Waals surface area contributed by atoms with Crippen molar-refractivity contribution in [3.8, 4) is 27.6 Å². The third-order valence-electron chi connectivity index (χ3n) is 5.75. The predicted octanol–water partition coefficient (Wildman–Crippen LogP) is 4.31. The minimum absolute atomic E-state index is 0.0587. The van der Waals surface area contributed by atoms with Gasteiger partial charge in [0.15, 0.2) is 0 Å². The molecular formula is C25H24N4O2S. The van der Waals surface area contributed by atoms with Gasteiger partial charge >= 0.3 is 0 Å². The number of rotatable bonds is 5. The van der Waals surface area contributed by atoms with Crippen molar-refractivity contribution >= 4 is 17.0 Å². The maximum absolute atomic E-state index is 12.8. The molecule has 4 aromatic rings. The number of H-pyrrole nitrogens is 1. The summed E-state index contributed by atoms with van der Waals surface area (Å²) in [4.78, 5) is 25.3. The smallest absolute Gasteiger partial charge is 0.255 e. The topological polar surface area (TPSA) is 84.2 Å². The highest BCUT2D eigenvalue weighted by Gasteiger charge is 2.22. The fourth-order valence-electron chi connectivity index (χ4n) is 3.99. The molecule has 2 aromatic carbocycles. The molecular weight excluding hydrogens is 420 g/mol. The number of hydrogen-bond donors (Lipinski definition) is 2. The van der Waals surface area contributed by atoms with Crippen molar-refractivity contribution in [2.45, 2.75) is 19.5 Å². The molecule has 0 atom stereocenters. The Hall–Kier alpha value is -3.42. The van der Waals surface area contributed by atoms with Crippen molar-refractivity contribution in [1.29, 1.82) is 0 Å². The van der Waals surface area contributed by atoms with E-state index in [1.807, 2.05) is 36.4 Å². The van der Waals surface area contributed by atoms with Gasteiger partial charge in [0.2, 0.25) is 0 Å². The zero-order valence-electron chi connectivity index (χ0n) is 17.8. The molecule has 7 heteroatoms. The number of aromatic nitrogens is 2. The maximum Gasteiger partial charge on any atom is 0.255 e. The lowest BCUT2D eigenvalue weighted by Crippen LogP contribution is -2.35. The van der Waals surface area contributed by atoms with Gasteiger partial charge < -0.3 is 15.5 Å². The van der Waals surface area contributed by atoms with E-state index < -0.39 is 0 Å². The first-order chi connectivity index (χ1) is 15.6. The van der Waals surface area contributed by atoms with Crippen LogP contribution in [-0.2, 0) is 19.5 Å². The van der Waals surface area contributed by atoms with E-state index in [0.717, 1.165) is 42.1 Å². The highest BCUT2D eigenvalue weighted by atomic mass is 32.1. The van der Waals surface area contributed by atoms with E-state index in [2.05, 4.69) is 34.1 Å². The summed E-state index contributed by atoms with van der Waals surface area (Å²) >= 11 is 1.79. The van der Waals surface area contributed by atoms with Gasteiger partial charge in [0.1, 0.15) is 11.6 Å². The van der Waals surface area contributed by atoms with Crippen LogP contribution in [0, 0.1) is 0 Å². The molecule has 6 nitrogen and oxygen atoms in total. The second-order valence-electron chi connectivity index (χ2n) is 7.92. The first-order valence-electron chi connectivity index (χ1n) is 10.5. The second kappa shape index (κ2) is 8.61. The molecule has 0 bridgehead atoms. The van der Waals surface area contributed by atoms with E-state index >= 15 is 0 Å². The summed E-state index contributed by atoms with van der Waals surface area (Å²) in [5.74, 6) is 1.46. The first kappa shape index (κ1) is 20.5. The van der Waals surface area contributed by atoms with Gasteiger partial charge in [-0.25, -0.2) is 4.98 Å². The molecule has 0 fully saturated rings. The molecule has 1 aliphatic rings. The zero-order valence-corrected chi connectivity index (χ0v) is 18.6. The molecule has 0 radical (unpaired) electrons. The Morgan fingerprint density at radius 2 is 1.81 bits per heavy atom. The fourth-order valence-corrected chi connectivity index (χ4v) is 5.04. The third kappa shape index (κ3) is 4.17. The molecule has 1 aliphatic heterocycles. The minimum atomic E-state index is -0.0587. The number of hydrogen-bond acceptors (Lipinski definition) is 6. The van der Waals surface area contributed by atoms with Crippen LogP contribution >= 0.6 is 11.3 Å². The number of thiophene rings is 1. The average molecular weight is 445 g/mol. The fraction of sp³-hybridized carbons (Fsp3) is 0.200. The molecule has 0 unspecified atom stereocenters. The Labute approximate surface area is 190 Å². The van der Waals surface area contributed by atoms with Crippen LogP contribution in [0.4, 0.5) is 5.69 Å². The number of aromatic amines is 1. The number of nitrogen functional groups attached to an aromatic ring is 1. The zero-order chi connectivity index (χ0) is 22.1. The molecule has 0 amide bonds. The standard InChI is InChI=1S/C25H24N4O2S/c1-31-19-8-4-16(5-9-19)23-11-10-20(32-23)14-29-13-12-22-21(15-29)25(30)28-24(27-22)17-2-6-18(26)7-3-17/h2-11H,12-15,26H2,1H3,(H,27,28,30). The van der Waals surface area contributed by atoms with E-state index in [1.54, 1.807) is 18.4 Å². The molecule has 0 aliphatic carbocycles. The highest BCUT2D eigenvalue weighted by Crippen LogP contribution is 2.31. The number of methoxy groups -OCH3 is 1. The molecule has 0 spiro atoms. The SMILES string of the molecule is COc1ccc(-c2ccc(CN3CCc4nc(-c5ccc(N)cc5)[nH]c(=O)c4C3)s2)cc1. The number of benzene rings is 2. The van der Waals surface area contributed by atoms with Gasteiger partial charge in [-0.1, -0.05) is 0 Å². The van der Waals surface area contributed by atoms with E-state index in [0.29, 0.717) is 18.1 Å². The maximum atomic E-state index is 12.8. The molecule has 5 rings (SSSR count). The van der Waals surface area contributed by atoms with Gasteiger partial charge in [-0.2, -0.15) is 0 Å². The van der Waals surface area contributed by atoms with Crippen molar-refractivity contribution in [2.75, 3.05) is 19.4 Å². The van der Waals surface area contributed by atoms with Crippen molar-refractivity contribution in [3.05, 3.63) is 87.2 Å². The number of nitrogens with one attached hydrogen (secondary N) is 1. The minimum Gasteiger partial charge on any atom is -0.497 e. The average Bonchev–Trinajstić information content (AvgIpc) is 3.28. The van der Waals surface area contributed by atoms with Gasteiger partial charge in [-0.3, -0.25) is 9.69 Å². The van der Waals surface area contributed by atoms with Crippen LogP contribution in [-0.4, -0.2) is 28.5 Å². The number of fused-ring (bicyclic) bond motifs is 1. The van der Waals surface area contributed by atoms with Crippen LogP contribution in [0.2, 0.25) is 0 Å². The van der Waals surface area contributed by atoms with Gasteiger partial charge in [0.25, 0.3) is 5.56 Å². The van der Waals surface area contributed by atoms with Crippen molar-refractivity contribution in [3.63, 3.8) is 0 Å². The lowest BCUT2D eigenvalue weighted by atomic mass is 10.1. The van der Waals surface area contributed by atoms with Crippen LogP contribution in [0.1, 0.15) is 16.1 Å². The largest absolute Gasteiger partial charge is 0.497 e. The molecule has 2 aromatic heterocycles. The normalized spacial score (nSPS) is 13.7. The number of nitrogens with zero attached hydrogens (tertiary/aromatic N) is 2. The lowest BCUT2D eigenvalue weighted by Gasteiger charge is -2.27.